The van der Waals surface area contributed by atoms with Crippen molar-refractivity contribution in [1.82, 2.24) is 0 Å². The van der Waals surface area contributed by atoms with Crippen molar-refractivity contribution in [3.8, 4) is 0 Å². The van der Waals surface area contributed by atoms with Gasteiger partial charge in [0, 0.05) is 0 Å². The van der Waals surface area contributed by atoms with E-state index in [4.69, 9.17) is 14.2 Å². The fourth-order valence-corrected chi connectivity index (χ4v) is 2.84. The largest absolute Gasteiger partial charge is 0.392 e. The second-order valence-corrected chi connectivity index (χ2v) is 5.50. The van der Waals surface area contributed by atoms with Gasteiger partial charge in [-0.25, -0.2) is 0 Å². The standard InChI is InChI=1S/C4H9O7S2/c1-3(5)4(13(9,10)11)2-12(6,7)8/h3-5H,1-2H2,(H,6,7,8)(H,9,10,11). The topological polar surface area (TPSA) is 129 Å². The SMILES string of the molecule is [CH2]C(O)C(CS(=O)(=O)O)S(=O)(=O)O. The van der Waals surface area contributed by atoms with Crippen LogP contribution >= 0.6 is 0 Å². The van der Waals surface area contributed by atoms with Crippen LogP contribution in [0.1, 0.15) is 0 Å². The van der Waals surface area contributed by atoms with E-state index in [1.54, 1.807) is 0 Å². The van der Waals surface area contributed by atoms with E-state index in [0.29, 0.717) is 0 Å². The number of aliphatic hydroxyl groups excluding tert-OH is 1. The van der Waals surface area contributed by atoms with Gasteiger partial charge >= 0.3 is 0 Å². The summed E-state index contributed by atoms with van der Waals surface area (Å²) in [4.78, 5) is 0. The quantitative estimate of drug-likeness (QED) is 0.495. The summed E-state index contributed by atoms with van der Waals surface area (Å²) in [7, 11) is -9.34. The van der Waals surface area contributed by atoms with Crippen LogP contribution in [0, 0.1) is 6.92 Å². The molecule has 0 fully saturated rings. The molecule has 13 heavy (non-hydrogen) atoms. The summed E-state index contributed by atoms with van der Waals surface area (Å²) in [5.41, 5.74) is 0. The maximum absolute atomic E-state index is 10.4. The molecule has 2 unspecified atom stereocenters. The van der Waals surface area contributed by atoms with Gasteiger partial charge in [0.25, 0.3) is 20.2 Å². The molecular formula is C4H9O7S2. The van der Waals surface area contributed by atoms with Crippen molar-refractivity contribution in [2.45, 2.75) is 11.4 Å². The average molecular weight is 233 g/mol. The monoisotopic (exact) mass is 233 g/mol. The molecule has 9 heteroatoms. The molecule has 0 aromatic rings. The summed E-state index contributed by atoms with van der Waals surface area (Å²) in [6, 6.07) is 0. The Balaban J connectivity index is 4.88. The number of hydrogen-bond acceptors (Lipinski definition) is 5. The molecule has 0 aromatic carbocycles. The Morgan fingerprint density at radius 1 is 1.15 bits per heavy atom. The zero-order valence-corrected chi connectivity index (χ0v) is 7.99. The van der Waals surface area contributed by atoms with Crippen LogP contribution in [-0.4, -0.2) is 48.2 Å². The predicted molar refractivity (Wildman–Crippen MR) is 43.1 cm³/mol. The first-order valence-electron chi connectivity index (χ1n) is 2.96. The lowest BCUT2D eigenvalue weighted by Crippen LogP contribution is -2.38. The van der Waals surface area contributed by atoms with Crippen molar-refractivity contribution in [3.63, 3.8) is 0 Å². The van der Waals surface area contributed by atoms with E-state index in [0.717, 1.165) is 0 Å². The van der Waals surface area contributed by atoms with E-state index in [2.05, 4.69) is 6.92 Å². The first-order valence-corrected chi connectivity index (χ1v) is 6.08. The van der Waals surface area contributed by atoms with Crippen LogP contribution in [0.2, 0.25) is 0 Å². The highest BCUT2D eigenvalue weighted by molar-refractivity contribution is 7.90. The number of rotatable bonds is 4. The van der Waals surface area contributed by atoms with Gasteiger partial charge in [-0.2, -0.15) is 16.8 Å². The Labute approximate surface area is 75.9 Å². The Morgan fingerprint density at radius 3 is 1.62 bits per heavy atom. The summed E-state index contributed by atoms with van der Waals surface area (Å²) < 4.78 is 58.0. The summed E-state index contributed by atoms with van der Waals surface area (Å²) in [5, 5.41) is 6.65. The molecule has 0 saturated carbocycles. The molecule has 0 amide bonds. The molecule has 0 heterocycles. The number of aliphatic hydroxyl groups is 1. The van der Waals surface area contributed by atoms with Crippen molar-refractivity contribution in [3.05, 3.63) is 6.92 Å². The van der Waals surface area contributed by atoms with Gasteiger partial charge in [-0.1, -0.05) is 0 Å². The first kappa shape index (κ1) is 12.8. The highest BCUT2D eigenvalue weighted by atomic mass is 32.2. The van der Waals surface area contributed by atoms with Gasteiger partial charge in [-0.15, -0.1) is 0 Å². The van der Waals surface area contributed by atoms with Gasteiger partial charge in [-0.3, -0.25) is 9.11 Å². The van der Waals surface area contributed by atoms with Crippen molar-refractivity contribution in [2.24, 2.45) is 0 Å². The normalized spacial score (nSPS) is 18.2. The third-order valence-electron chi connectivity index (χ3n) is 1.19. The maximum Gasteiger partial charge on any atom is 0.271 e. The molecule has 0 saturated heterocycles. The Kier molecular flexibility index (Phi) is 3.82. The van der Waals surface area contributed by atoms with E-state index in [1.807, 2.05) is 0 Å². The molecule has 1 radical (unpaired) electrons. The molecule has 79 valence electrons. The van der Waals surface area contributed by atoms with Crippen LogP contribution in [-0.2, 0) is 20.2 Å². The van der Waals surface area contributed by atoms with Crippen molar-refractivity contribution >= 4 is 20.2 Å². The fraction of sp³-hybridized carbons (Fsp3) is 0.750. The molecular weight excluding hydrogens is 224 g/mol. The van der Waals surface area contributed by atoms with E-state index in [1.165, 1.54) is 0 Å². The first-order chi connectivity index (χ1) is 5.54. The highest BCUT2D eigenvalue weighted by Crippen LogP contribution is 2.07. The third-order valence-corrected chi connectivity index (χ3v) is 3.42. The maximum atomic E-state index is 10.4. The summed E-state index contributed by atoms with van der Waals surface area (Å²) in [6.45, 7) is 2.83. The van der Waals surface area contributed by atoms with Gasteiger partial charge in [0.2, 0.25) is 0 Å². The van der Waals surface area contributed by atoms with Crippen molar-refractivity contribution in [2.75, 3.05) is 5.75 Å². The molecule has 0 aliphatic rings. The molecule has 3 N–H and O–H groups in total. The van der Waals surface area contributed by atoms with E-state index in [9.17, 15) is 16.8 Å². The average Bonchev–Trinajstić information content (AvgIpc) is 1.77. The molecule has 0 bridgehead atoms. The lowest BCUT2D eigenvalue weighted by atomic mass is 10.3. The number of hydrogen-bond donors (Lipinski definition) is 3. The zero-order valence-electron chi connectivity index (χ0n) is 6.36. The molecule has 0 aliphatic carbocycles. The lowest BCUT2D eigenvalue weighted by molar-refractivity contribution is 0.214. The molecule has 0 aliphatic heterocycles. The van der Waals surface area contributed by atoms with Gasteiger partial charge in [-0.05, 0) is 6.92 Å². The Bertz CT molecular complexity index is 350. The lowest BCUT2D eigenvalue weighted by Gasteiger charge is -2.14. The van der Waals surface area contributed by atoms with Gasteiger partial charge in [0.05, 0.1) is 11.9 Å². The highest BCUT2D eigenvalue weighted by Gasteiger charge is 2.32. The van der Waals surface area contributed by atoms with Crippen LogP contribution in [0.5, 0.6) is 0 Å². The van der Waals surface area contributed by atoms with Crippen LogP contribution in [0.25, 0.3) is 0 Å². The van der Waals surface area contributed by atoms with Crippen LogP contribution < -0.4 is 0 Å². The molecule has 2 atom stereocenters. The third kappa shape index (κ3) is 5.16. The minimum absolute atomic E-state index is 1.30. The van der Waals surface area contributed by atoms with Crippen LogP contribution in [0.3, 0.4) is 0 Å². The van der Waals surface area contributed by atoms with E-state index < -0.39 is 37.3 Å². The van der Waals surface area contributed by atoms with E-state index in [-0.39, 0.29) is 0 Å². The van der Waals surface area contributed by atoms with Crippen molar-refractivity contribution in [1.29, 1.82) is 0 Å². The molecule has 7 nitrogen and oxygen atoms in total. The fourth-order valence-electron chi connectivity index (χ4n) is 0.603. The predicted octanol–water partition coefficient (Wildman–Crippen LogP) is -1.67. The molecule has 0 spiro atoms. The van der Waals surface area contributed by atoms with Crippen molar-refractivity contribution < 1.29 is 31.0 Å². The Morgan fingerprint density at radius 2 is 1.54 bits per heavy atom. The van der Waals surface area contributed by atoms with E-state index >= 15 is 0 Å². The zero-order chi connectivity index (χ0) is 10.9. The molecule has 0 rings (SSSR count). The van der Waals surface area contributed by atoms with Gasteiger partial charge < -0.3 is 5.11 Å². The van der Waals surface area contributed by atoms with Crippen LogP contribution in [0.4, 0.5) is 0 Å². The van der Waals surface area contributed by atoms with Gasteiger partial charge in [0.15, 0.2) is 0 Å². The summed E-state index contributed by atoms with van der Waals surface area (Å²) >= 11 is 0. The second-order valence-electron chi connectivity index (χ2n) is 2.37. The van der Waals surface area contributed by atoms with Gasteiger partial charge in [0.1, 0.15) is 5.25 Å². The Hall–Kier alpha value is -0.220. The summed E-state index contributed by atoms with van der Waals surface area (Å²) in [6.07, 6.45) is -1.84. The minimum Gasteiger partial charge on any atom is -0.392 e. The summed E-state index contributed by atoms with van der Waals surface area (Å²) in [5.74, 6) is -1.30. The smallest absolute Gasteiger partial charge is 0.271 e. The second kappa shape index (κ2) is 3.88. The van der Waals surface area contributed by atoms with Crippen LogP contribution in [0.15, 0.2) is 0 Å². The minimum atomic E-state index is -4.75. The molecule has 0 aromatic heterocycles.